The van der Waals surface area contributed by atoms with Gasteiger partial charge in [0.15, 0.2) is 0 Å². The van der Waals surface area contributed by atoms with E-state index < -0.39 is 5.92 Å². The summed E-state index contributed by atoms with van der Waals surface area (Å²) in [6.07, 6.45) is 68.5. The summed E-state index contributed by atoms with van der Waals surface area (Å²) >= 11 is 0. The first-order valence-corrected chi connectivity index (χ1v) is 25.9. The number of Topliss-reactive ketones (excluding diaryl/α,β-unsaturated/α-hetero) is 3. The summed E-state index contributed by atoms with van der Waals surface area (Å²) in [6.45, 7) is 6.67. The maximum absolute atomic E-state index is 13.4. The standard InChI is InChI=1S/C57H97O3/c1-4-7-10-13-16-19-22-25-28-31-34-37-40-43-46-49-55(58)52-54(57(60)51-48-45-42-39-36-33-30-27-24-21-18-15-12-9-6-3)53-56(59)50-47-44-41-38-35-32-29-26-23-20-17-14-11-8-5-2/h7,10,16,18-19,21-22,25-30,54H,4-6,8-9,11-15,17,20,23-24,31-53H2,1-3H3/b10-7-,19-16-,21-18-,28-25-,29-26-,30-27-. The second-order valence-corrected chi connectivity index (χ2v) is 17.4. The van der Waals surface area contributed by atoms with Crippen molar-refractivity contribution in [1.82, 2.24) is 0 Å². The summed E-state index contributed by atoms with van der Waals surface area (Å²) < 4.78 is 0. The number of ketones is 3. The van der Waals surface area contributed by atoms with Crippen molar-refractivity contribution in [3.8, 4) is 0 Å². The molecular weight excluding hydrogens is 733 g/mol. The van der Waals surface area contributed by atoms with Crippen molar-refractivity contribution in [2.75, 3.05) is 0 Å². The van der Waals surface area contributed by atoms with E-state index in [1.165, 1.54) is 109 Å². The van der Waals surface area contributed by atoms with E-state index in [9.17, 15) is 14.4 Å². The van der Waals surface area contributed by atoms with Gasteiger partial charge in [-0.2, -0.15) is 0 Å². The van der Waals surface area contributed by atoms with Gasteiger partial charge in [-0.1, -0.05) is 196 Å². The third-order valence-corrected chi connectivity index (χ3v) is 11.5. The molecule has 0 bridgehead atoms. The lowest BCUT2D eigenvalue weighted by Crippen LogP contribution is -2.22. The first-order valence-electron chi connectivity index (χ1n) is 25.9. The van der Waals surface area contributed by atoms with Crippen molar-refractivity contribution in [3.63, 3.8) is 0 Å². The van der Waals surface area contributed by atoms with E-state index in [2.05, 4.69) is 100 Å². The molecule has 3 heteroatoms. The zero-order chi connectivity index (χ0) is 43.7. The number of carbonyl (C=O) groups excluding carboxylic acids is 3. The third kappa shape index (κ3) is 45.0. The summed E-state index contributed by atoms with van der Waals surface area (Å²) in [6, 6.07) is 0. The van der Waals surface area contributed by atoms with E-state index in [1.807, 2.05) is 0 Å². The van der Waals surface area contributed by atoms with Crippen LogP contribution in [0, 0.1) is 12.3 Å². The fraction of sp³-hybridized carbons (Fsp3) is 0.719. The third-order valence-electron chi connectivity index (χ3n) is 11.5. The summed E-state index contributed by atoms with van der Waals surface area (Å²) in [5.41, 5.74) is 0. The lowest BCUT2D eigenvalue weighted by atomic mass is 9.87. The van der Waals surface area contributed by atoms with Gasteiger partial charge in [0, 0.05) is 44.4 Å². The first kappa shape index (κ1) is 57.4. The Bertz CT molecular complexity index is 1130. The minimum Gasteiger partial charge on any atom is -0.300 e. The molecular formula is C57H97O3. The van der Waals surface area contributed by atoms with Crippen LogP contribution in [0.4, 0.5) is 0 Å². The molecule has 0 saturated carbocycles. The van der Waals surface area contributed by atoms with Crippen molar-refractivity contribution in [1.29, 1.82) is 0 Å². The quantitative estimate of drug-likeness (QED) is 0.0453. The molecule has 1 atom stereocenters. The van der Waals surface area contributed by atoms with Crippen LogP contribution in [-0.2, 0) is 14.4 Å². The fourth-order valence-electron chi connectivity index (χ4n) is 7.61. The molecule has 0 N–H and O–H groups in total. The molecule has 0 aliphatic heterocycles. The van der Waals surface area contributed by atoms with E-state index in [0.29, 0.717) is 19.3 Å². The van der Waals surface area contributed by atoms with Crippen molar-refractivity contribution in [3.05, 3.63) is 79.3 Å². The van der Waals surface area contributed by atoms with Crippen molar-refractivity contribution in [2.45, 2.75) is 258 Å². The number of carbonyl (C=O) groups is 3. The summed E-state index contributed by atoms with van der Waals surface area (Å²) in [7, 11) is 0. The van der Waals surface area contributed by atoms with Crippen LogP contribution in [0.15, 0.2) is 72.9 Å². The molecule has 3 nitrogen and oxygen atoms in total. The minimum atomic E-state index is -0.426. The van der Waals surface area contributed by atoms with Gasteiger partial charge in [-0.25, -0.2) is 0 Å². The summed E-state index contributed by atoms with van der Waals surface area (Å²) in [5.74, 6) is 0.0517. The monoisotopic (exact) mass is 830 g/mol. The molecule has 0 spiro atoms. The summed E-state index contributed by atoms with van der Waals surface area (Å²) in [4.78, 5) is 39.6. The zero-order valence-corrected chi connectivity index (χ0v) is 40.0. The lowest BCUT2D eigenvalue weighted by molar-refractivity contribution is -0.131. The van der Waals surface area contributed by atoms with Crippen molar-refractivity contribution in [2.24, 2.45) is 5.92 Å². The molecule has 0 rings (SSSR count). The predicted octanol–water partition coefficient (Wildman–Crippen LogP) is 18.3. The maximum Gasteiger partial charge on any atom is 0.136 e. The highest BCUT2D eigenvalue weighted by atomic mass is 16.1. The van der Waals surface area contributed by atoms with Crippen LogP contribution in [-0.4, -0.2) is 17.3 Å². The maximum atomic E-state index is 13.4. The molecule has 0 aromatic carbocycles. The van der Waals surface area contributed by atoms with Gasteiger partial charge in [0.2, 0.25) is 0 Å². The van der Waals surface area contributed by atoms with Gasteiger partial charge in [-0.15, -0.1) is 0 Å². The Labute approximate surface area is 374 Å². The van der Waals surface area contributed by atoms with Crippen LogP contribution >= 0.6 is 0 Å². The number of hydrogen-bond donors (Lipinski definition) is 0. The van der Waals surface area contributed by atoms with E-state index in [4.69, 9.17) is 0 Å². The highest BCUT2D eigenvalue weighted by Gasteiger charge is 2.24. The molecule has 1 radical (unpaired) electrons. The van der Waals surface area contributed by atoms with E-state index in [1.54, 1.807) is 0 Å². The minimum absolute atomic E-state index is 0.140. The normalized spacial score (nSPS) is 12.8. The van der Waals surface area contributed by atoms with Crippen LogP contribution < -0.4 is 0 Å². The molecule has 0 aliphatic carbocycles. The van der Waals surface area contributed by atoms with Crippen LogP contribution in [0.5, 0.6) is 0 Å². The van der Waals surface area contributed by atoms with Gasteiger partial charge in [0.25, 0.3) is 0 Å². The van der Waals surface area contributed by atoms with E-state index >= 15 is 0 Å². The number of hydrogen-bond acceptors (Lipinski definition) is 3. The fourth-order valence-corrected chi connectivity index (χ4v) is 7.61. The molecule has 0 aliphatic rings. The smallest absolute Gasteiger partial charge is 0.136 e. The van der Waals surface area contributed by atoms with Gasteiger partial charge in [-0.05, 0) is 103 Å². The molecule has 0 fully saturated rings. The van der Waals surface area contributed by atoms with Crippen molar-refractivity contribution < 1.29 is 14.4 Å². The Balaban J connectivity index is 4.49. The highest BCUT2D eigenvalue weighted by molar-refractivity contribution is 5.92. The summed E-state index contributed by atoms with van der Waals surface area (Å²) in [5, 5.41) is 0. The largest absolute Gasteiger partial charge is 0.300 e. The topological polar surface area (TPSA) is 51.2 Å². The molecule has 0 aromatic heterocycles. The van der Waals surface area contributed by atoms with Crippen LogP contribution in [0.1, 0.15) is 258 Å². The second-order valence-electron chi connectivity index (χ2n) is 17.4. The number of unbranched alkanes of at least 4 members (excludes halogenated alkanes) is 24. The molecule has 60 heavy (non-hydrogen) atoms. The molecule has 0 amide bonds. The molecule has 343 valence electrons. The first-order chi connectivity index (χ1) is 29.5. The molecule has 0 aromatic rings. The number of allylic oxidation sites excluding steroid dienone is 12. The Morgan fingerprint density at radius 3 is 1.20 bits per heavy atom. The molecule has 0 saturated heterocycles. The average molecular weight is 830 g/mol. The second kappa shape index (κ2) is 49.1. The molecule has 1 unspecified atom stereocenters. The van der Waals surface area contributed by atoms with Gasteiger partial charge in [0.05, 0.1) is 0 Å². The van der Waals surface area contributed by atoms with Crippen LogP contribution in [0.3, 0.4) is 0 Å². The van der Waals surface area contributed by atoms with Gasteiger partial charge >= 0.3 is 0 Å². The van der Waals surface area contributed by atoms with Crippen LogP contribution in [0.25, 0.3) is 0 Å². The van der Waals surface area contributed by atoms with Gasteiger partial charge in [0.1, 0.15) is 17.3 Å². The van der Waals surface area contributed by atoms with E-state index in [0.717, 1.165) is 96.3 Å². The van der Waals surface area contributed by atoms with Crippen LogP contribution in [0.2, 0.25) is 0 Å². The SMILES string of the molecule is CC/C=C\C/C=C\[CH]/C=C\CCCCCCCC(=O)CC(CC(=O)CCCCCCC/C=C\CCCCCCCC)C(=O)CCCCCCC/C=C\C/C=C\CCCCC. The predicted molar refractivity (Wildman–Crippen MR) is 266 cm³/mol. The van der Waals surface area contributed by atoms with E-state index in [-0.39, 0.29) is 30.2 Å². The Hall–Kier alpha value is -2.55. The Kier molecular flexibility index (Phi) is 47.0. The lowest BCUT2D eigenvalue weighted by Gasteiger charge is -2.15. The Morgan fingerprint density at radius 2 is 0.700 bits per heavy atom. The Morgan fingerprint density at radius 1 is 0.350 bits per heavy atom. The molecule has 0 heterocycles. The zero-order valence-electron chi connectivity index (χ0n) is 40.0. The number of rotatable bonds is 47. The van der Waals surface area contributed by atoms with Gasteiger partial charge < -0.3 is 0 Å². The highest BCUT2D eigenvalue weighted by Crippen LogP contribution is 2.21. The van der Waals surface area contributed by atoms with Crippen molar-refractivity contribution >= 4 is 17.3 Å². The van der Waals surface area contributed by atoms with Gasteiger partial charge in [-0.3, -0.25) is 14.4 Å². The average Bonchev–Trinajstić information content (AvgIpc) is 3.24.